The number of hydrogen-bond donors (Lipinski definition) is 1. The Morgan fingerprint density at radius 2 is 2.20 bits per heavy atom. The second kappa shape index (κ2) is 6.97. The molecule has 4 heteroatoms. The zero-order valence-corrected chi connectivity index (χ0v) is 12.4. The Morgan fingerprint density at radius 1 is 1.30 bits per heavy atom. The van der Waals surface area contributed by atoms with Gasteiger partial charge in [-0.15, -0.1) is 11.3 Å². The highest BCUT2D eigenvalue weighted by molar-refractivity contribution is 7.09. The van der Waals surface area contributed by atoms with Gasteiger partial charge in [-0.1, -0.05) is 30.3 Å². The zero-order valence-electron chi connectivity index (χ0n) is 11.5. The molecule has 0 amide bonds. The summed E-state index contributed by atoms with van der Waals surface area (Å²) >= 11 is 1.74. The number of aromatic nitrogens is 1. The van der Waals surface area contributed by atoms with Gasteiger partial charge in [0.2, 0.25) is 0 Å². The Hall–Kier alpha value is -1.23. The van der Waals surface area contributed by atoms with E-state index in [1.165, 1.54) is 23.4 Å². The summed E-state index contributed by atoms with van der Waals surface area (Å²) in [5, 5.41) is 6.81. The molecule has 2 aromatic rings. The van der Waals surface area contributed by atoms with Crippen LogP contribution >= 0.6 is 11.3 Å². The van der Waals surface area contributed by atoms with Crippen molar-refractivity contribution >= 4 is 11.3 Å². The van der Waals surface area contributed by atoms with Crippen LogP contribution in [0.2, 0.25) is 0 Å². The first-order valence-electron chi connectivity index (χ1n) is 7.24. The molecule has 0 saturated carbocycles. The topological polar surface area (TPSA) is 34.1 Å². The van der Waals surface area contributed by atoms with E-state index in [2.05, 4.69) is 35.0 Å². The van der Waals surface area contributed by atoms with Crippen molar-refractivity contribution in [3.05, 3.63) is 40.7 Å². The summed E-state index contributed by atoms with van der Waals surface area (Å²) in [5.74, 6) is 0. The van der Waals surface area contributed by atoms with E-state index in [4.69, 9.17) is 9.72 Å². The average molecular weight is 288 g/mol. The SMILES string of the molecule is c1ccc(-c2csc(CCNCC3CCCO3)n2)cc1. The van der Waals surface area contributed by atoms with Crippen molar-refractivity contribution in [2.24, 2.45) is 0 Å². The maximum Gasteiger partial charge on any atom is 0.0945 e. The molecule has 1 saturated heterocycles. The van der Waals surface area contributed by atoms with Gasteiger partial charge in [0, 0.05) is 37.1 Å². The normalized spacial score (nSPS) is 18.5. The number of hydrogen-bond acceptors (Lipinski definition) is 4. The fraction of sp³-hybridized carbons (Fsp3) is 0.438. The van der Waals surface area contributed by atoms with Gasteiger partial charge in [-0.25, -0.2) is 4.98 Å². The first kappa shape index (κ1) is 13.7. The van der Waals surface area contributed by atoms with Gasteiger partial charge < -0.3 is 10.1 Å². The van der Waals surface area contributed by atoms with Crippen molar-refractivity contribution in [2.75, 3.05) is 19.7 Å². The Labute approximate surface area is 124 Å². The van der Waals surface area contributed by atoms with Crippen LogP contribution in [0.5, 0.6) is 0 Å². The minimum absolute atomic E-state index is 0.422. The molecule has 0 aliphatic carbocycles. The molecule has 1 aromatic carbocycles. The van der Waals surface area contributed by atoms with Crippen LogP contribution in [0.4, 0.5) is 0 Å². The van der Waals surface area contributed by atoms with Crippen LogP contribution in [-0.2, 0) is 11.2 Å². The van der Waals surface area contributed by atoms with E-state index in [1.54, 1.807) is 11.3 Å². The highest BCUT2D eigenvalue weighted by Crippen LogP contribution is 2.21. The number of rotatable bonds is 6. The minimum atomic E-state index is 0.422. The second-order valence-electron chi connectivity index (χ2n) is 5.08. The van der Waals surface area contributed by atoms with Crippen molar-refractivity contribution in [1.29, 1.82) is 0 Å². The third-order valence-electron chi connectivity index (χ3n) is 3.53. The van der Waals surface area contributed by atoms with Gasteiger partial charge in [0.15, 0.2) is 0 Å². The minimum Gasteiger partial charge on any atom is -0.377 e. The van der Waals surface area contributed by atoms with E-state index in [-0.39, 0.29) is 0 Å². The molecule has 3 nitrogen and oxygen atoms in total. The third kappa shape index (κ3) is 3.66. The molecular formula is C16H20N2OS. The fourth-order valence-electron chi connectivity index (χ4n) is 2.43. The number of ether oxygens (including phenoxy) is 1. The largest absolute Gasteiger partial charge is 0.377 e. The molecular weight excluding hydrogens is 268 g/mol. The molecule has 1 aromatic heterocycles. The van der Waals surface area contributed by atoms with Crippen LogP contribution in [0.3, 0.4) is 0 Å². The molecule has 0 spiro atoms. The summed E-state index contributed by atoms with van der Waals surface area (Å²) in [6.07, 6.45) is 3.82. The Kier molecular flexibility index (Phi) is 4.79. The van der Waals surface area contributed by atoms with E-state index >= 15 is 0 Å². The lowest BCUT2D eigenvalue weighted by atomic mass is 10.2. The second-order valence-corrected chi connectivity index (χ2v) is 6.02. The Morgan fingerprint density at radius 3 is 3.00 bits per heavy atom. The van der Waals surface area contributed by atoms with Crippen LogP contribution in [0.25, 0.3) is 11.3 Å². The fourth-order valence-corrected chi connectivity index (χ4v) is 3.24. The summed E-state index contributed by atoms with van der Waals surface area (Å²) in [6.45, 7) is 2.87. The zero-order chi connectivity index (χ0) is 13.6. The molecule has 3 rings (SSSR count). The smallest absolute Gasteiger partial charge is 0.0945 e. The van der Waals surface area contributed by atoms with Crippen LogP contribution in [-0.4, -0.2) is 30.8 Å². The monoisotopic (exact) mass is 288 g/mol. The first-order valence-corrected chi connectivity index (χ1v) is 8.12. The molecule has 1 fully saturated rings. The van der Waals surface area contributed by atoms with Crippen molar-refractivity contribution in [2.45, 2.75) is 25.4 Å². The van der Waals surface area contributed by atoms with Gasteiger partial charge in [0.05, 0.1) is 16.8 Å². The molecule has 2 heterocycles. The summed E-state index contributed by atoms with van der Waals surface area (Å²) in [7, 11) is 0. The lowest BCUT2D eigenvalue weighted by Crippen LogP contribution is -2.27. The van der Waals surface area contributed by atoms with E-state index in [1.807, 2.05) is 6.07 Å². The van der Waals surface area contributed by atoms with Crippen LogP contribution in [0, 0.1) is 0 Å². The van der Waals surface area contributed by atoms with Gasteiger partial charge >= 0.3 is 0 Å². The van der Waals surface area contributed by atoms with Crippen molar-refractivity contribution in [3.8, 4) is 11.3 Å². The quantitative estimate of drug-likeness (QED) is 0.829. The van der Waals surface area contributed by atoms with Gasteiger partial charge in [0.25, 0.3) is 0 Å². The molecule has 1 aliphatic heterocycles. The van der Waals surface area contributed by atoms with Crippen molar-refractivity contribution in [3.63, 3.8) is 0 Å². The maximum atomic E-state index is 5.59. The molecule has 1 N–H and O–H groups in total. The van der Waals surface area contributed by atoms with Gasteiger partial charge in [-0.2, -0.15) is 0 Å². The third-order valence-corrected chi connectivity index (χ3v) is 4.44. The first-order chi connectivity index (χ1) is 9.92. The van der Waals surface area contributed by atoms with Crippen LogP contribution < -0.4 is 5.32 Å². The summed E-state index contributed by atoms with van der Waals surface area (Å²) in [5.41, 5.74) is 2.28. The predicted octanol–water partition coefficient (Wildman–Crippen LogP) is 3.12. The molecule has 1 unspecified atom stereocenters. The molecule has 1 aliphatic rings. The summed E-state index contributed by atoms with van der Waals surface area (Å²) < 4.78 is 5.59. The van der Waals surface area contributed by atoms with Gasteiger partial charge in [0.1, 0.15) is 0 Å². The van der Waals surface area contributed by atoms with Crippen molar-refractivity contribution in [1.82, 2.24) is 10.3 Å². The van der Waals surface area contributed by atoms with E-state index in [0.717, 1.165) is 31.8 Å². The van der Waals surface area contributed by atoms with Gasteiger partial charge in [-0.3, -0.25) is 0 Å². The Balaban J connectivity index is 1.45. The van der Waals surface area contributed by atoms with E-state index < -0.39 is 0 Å². The standard InChI is InChI=1S/C16H20N2OS/c1-2-5-13(6-3-1)15-12-20-16(18-15)8-9-17-11-14-7-4-10-19-14/h1-3,5-6,12,14,17H,4,7-11H2. The average Bonchev–Trinajstić information content (AvgIpc) is 3.16. The molecule has 20 heavy (non-hydrogen) atoms. The molecule has 1 atom stereocenters. The predicted molar refractivity (Wildman–Crippen MR) is 83.1 cm³/mol. The molecule has 0 bridgehead atoms. The highest BCUT2D eigenvalue weighted by Gasteiger charge is 2.14. The molecule has 106 valence electrons. The lowest BCUT2D eigenvalue weighted by Gasteiger charge is -2.09. The van der Waals surface area contributed by atoms with Crippen molar-refractivity contribution < 1.29 is 4.74 Å². The van der Waals surface area contributed by atoms with E-state index in [9.17, 15) is 0 Å². The maximum absolute atomic E-state index is 5.59. The van der Waals surface area contributed by atoms with Crippen LogP contribution in [0.15, 0.2) is 35.7 Å². The number of benzene rings is 1. The summed E-state index contributed by atoms with van der Waals surface area (Å²) in [4.78, 5) is 4.70. The number of nitrogens with one attached hydrogen (secondary N) is 1. The number of thiazole rings is 1. The molecule has 0 radical (unpaired) electrons. The highest BCUT2D eigenvalue weighted by atomic mass is 32.1. The number of nitrogens with zero attached hydrogens (tertiary/aromatic N) is 1. The van der Waals surface area contributed by atoms with Gasteiger partial charge in [-0.05, 0) is 12.8 Å². The van der Waals surface area contributed by atoms with Crippen LogP contribution in [0.1, 0.15) is 17.8 Å². The summed E-state index contributed by atoms with van der Waals surface area (Å²) in [6, 6.07) is 10.4. The lowest BCUT2D eigenvalue weighted by molar-refractivity contribution is 0.110. The van der Waals surface area contributed by atoms with E-state index in [0.29, 0.717) is 6.10 Å². The Bertz CT molecular complexity index is 520.